The molecule has 1 aliphatic carbocycles. The maximum Gasteiger partial charge on any atom is 0.290 e. The second-order valence-corrected chi connectivity index (χ2v) is 10.2. The van der Waals surface area contributed by atoms with Crippen molar-refractivity contribution in [1.82, 2.24) is 14.9 Å². The van der Waals surface area contributed by atoms with Gasteiger partial charge in [-0.15, -0.1) is 0 Å². The number of hydrogen-bond donors (Lipinski definition) is 4. The molecule has 3 aromatic rings. The average molecular weight is 562 g/mol. The molecule has 1 saturated carbocycles. The number of aromatic nitrogens is 2. The Hall–Kier alpha value is -3.14. The number of aliphatic hydroxyl groups excluding tert-OH is 1. The van der Waals surface area contributed by atoms with Gasteiger partial charge < -0.3 is 34.7 Å². The van der Waals surface area contributed by atoms with E-state index in [-0.39, 0.29) is 18.3 Å². The summed E-state index contributed by atoms with van der Waals surface area (Å²) in [7, 11) is 3.53. The van der Waals surface area contributed by atoms with E-state index in [0.29, 0.717) is 40.5 Å². The number of aliphatic hydroxyl groups is 1. The number of hydrogen-bond acceptors (Lipinski definition) is 7. The number of carbonyl (C=O) groups is 2. The number of ether oxygens (including phenoxy) is 1. The third-order valence-corrected chi connectivity index (χ3v) is 7.64. The van der Waals surface area contributed by atoms with E-state index >= 15 is 0 Å². The minimum absolute atomic E-state index is 0.240. The maximum atomic E-state index is 11.5. The summed E-state index contributed by atoms with van der Waals surface area (Å²) in [6.45, 7) is 6.16. The van der Waals surface area contributed by atoms with Crippen molar-refractivity contribution in [2.24, 2.45) is 5.92 Å². The fourth-order valence-electron chi connectivity index (χ4n) is 5.18. The molecule has 1 heterocycles. The minimum Gasteiger partial charge on any atom is -0.508 e. The SMILES string of the molecule is C=O.CNC(C)CCc1c(O)ccc2c1nc(C(O)c1ccc(OC)cc1Cl)n2C1CCCC(C)C1.O=CO. The van der Waals surface area contributed by atoms with Gasteiger partial charge in [-0.1, -0.05) is 37.4 Å². The zero-order valence-electron chi connectivity index (χ0n) is 23.1. The van der Waals surface area contributed by atoms with Gasteiger partial charge in [0.25, 0.3) is 6.47 Å². The van der Waals surface area contributed by atoms with E-state index in [1.165, 1.54) is 6.42 Å². The van der Waals surface area contributed by atoms with Crippen molar-refractivity contribution in [3.8, 4) is 11.5 Å². The standard InChI is InChI=1S/C27H36ClN3O3.CH2O2.CH2O/c1-16-6-5-7-18(14-16)31-23-12-13-24(32)21(10-8-17(2)29-3)25(23)30-27(31)26(33)20-11-9-19(34-4)15-22(20)28;2-1-3;1-2/h9,11-13,15-18,26,29,32-33H,5-8,10,14H2,1-4H3;1H,(H,2,3);1H2. The number of nitrogens with one attached hydrogen (secondary N) is 1. The summed E-state index contributed by atoms with van der Waals surface area (Å²) in [5, 5.41) is 32.9. The fourth-order valence-corrected chi connectivity index (χ4v) is 5.46. The Morgan fingerprint density at radius 2 is 1.97 bits per heavy atom. The Morgan fingerprint density at radius 3 is 2.56 bits per heavy atom. The summed E-state index contributed by atoms with van der Waals surface area (Å²) in [4.78, 5) is 21.3. The lowest BCUT2D eigenvalue weighted by molar-refractivity contribution is -0.122. The zero-order valence-corrected chi connectivity index (χ0v) is 23.8. The number of carboxylic acid groups (broad SMARTS) is 1. The molecule has 1 fully saturated rings. The predicted molar refractivity (Wildman–Crippen MR) is 153 cm³/mol. The van der Waals surface area contributed by atoms with Crippen LogP contribution >= 0.6 is 11.6 Å². The van der Waals surface area contributed by atoms with E-state index in [0.717, 1.165) is 42.3 Å². The maximum absolute atomic E-state index is 11.5. The van der Waals surface area contributed by atoms with Crippen LogP contribution in [0.1, 0.15) is 75.0 Å². The molecule has 9 nitrogen and oxygen atoms in total. The van der Waals surface area contributed by atoms with E-state index in [2.05, 4.69) is 23.7 Å². The van der Waals surface area contributed by atoms with Gasteiger partial charge in [-0.25, -0.2) is 4.98 Å². The number of halogens is 1. The van der Waals surface area contributed by atoms with Gasteiger partial charge in [-0.05, 0) is 69.8 Å². The number of nitrogens with zero attached hydrogens (tertiary/aromatic N) is 2. The minimum atomic E-state index is -0.991. The summed E-state index contributed by atoms with van der Waals surface area (Å²) in [5.74, 6) is 2.08. The average Bonchev–Trinajstić information content (AvgIpc) is 3.33. The molecule has 10 heteroatoms. The number of benzene rings is 2. The van der Waals surface area contributed by atoms with Gasteiger partial charge in [0.2, 0.25) is 0 Å². The Kier molecular flexibility index (Phi) is 12.7. The lowest BCUT2D eigenvalue weighted by atomic mass is 9.86. The summed E-state index contributed by atoms with van der Waals surface area (Å²) in [5.41, 5.74) is 3.15. The molecule has 1 aliphatic rings. The second-order valence-electron chi connectivity index (χ2n) is 9.82. The predicted octanol–water partition coefficient (Wildman–Crippen LogP) is 5.29. The molecule has 0 bridgehead atoms. The van der Waals surface area contributed by atoms with E-state index in [1.54, 1.807) is 31.4 Å². The van der Waals surface area contributed by atoms with Gasteiger partial charge in [0.1, 0.15) is 30.2 Å². The van der Waals surface area contributed by atoms with Crippen LogP contribution in [0.4, 0.5) is 0 Å². The molecule has 0 aliphatic heterocycles. The summed E-state index contributed by atoms with van der Waals surface area (Å²) in [6, 6.07) is 9.58. The van der Waals surface area contributed by atoms with Crippen molar-refractivity contribution < 1.29 is 29.6 Å². The lowest BCUT2D eigenvalue weighted by Gasteiger charge is -2.30. The van der Waals surface area contributed by atoms with Crippen LogP contribution in [0, 0.1) is 5.92 Å². The third kappa shape index (κ3) is 7.71. The highest BCUT2D eigenvalue weighted by atomic mass is 35.5. The van der Waals surface area contributed by atoms with Gasteiger partial charge in [-0.3, -0.25) is 4.79 Å². The largest absolute Gasteiger partial charge is 0.508 e. The quantitative estimate of drug-likeness (QED) is 0.272. The van der Waals surface area contributed by atoms with Gasteiger partial charge in [0, 0.05) is 23.2 Å². The number of carbonyl (C=O) groups excluding carboxylic acids is 1. The molecule has 0 spiro atoms. The molecule has 4 atom stereocenters. The van der Waals surface area contributed by atoms with Gasteiger partial charge >= 0.3 is 0 Å². The number of imidazole rings is 1. The molecule has 4 unspecified atom stereocenters. The summed E-state index contributed by atoms with van der Waals surface area (Å²) >= 11 is 6.55. The molecule has 4 rings (SSSR count). The number of methoxy groups -OCH3 is 1. The molecule has 4 N–H and O–H groups in total. The Bertz CT molecular complexity index is 1220. The van der Waals surface area contributed by atoms with Crippen LogP contribution in [0.3, 0.4) is 0 Å². The molecule has 0 amide bonds. The van der Waals surface area contributed by atoms with Crippen LogP contribution in [-0.2, 0) is 16.0 Å². The van der Waals surface area contributed by atoms with E-state index in [9.17, 15) is 10.2 Å². The molecular weight excluding hydrogens is 522 g/mol. The van der Waals surface area contributed by atoms with Crippen LogP contribution in [0.2, 0.25) is 5.02 Å². The van der Waals surface area contributed by atoms with Crippen molar-refractivity contribution in [2.75, 3.05) is 14.2 Å². The van der Waals surface area contributed by atoms with Gasteiger partial charge in [-0.2, -0.15) is 0 Å². The normalized spacial score (nSPS) is 18.2. The van der Waals surface area contributed by atoms with Gasteiger partial charge in [0.15, 0.2) is 0 Å². The summed E-state index contributed by atoms with van der Waals surface area (Å²) in [6.07, 6.45) is 5.02. The van der Waals surface area contributed by atoms with E-state index in [1.807, 2.05) is 19.9 Å². The molecule has 0 saturated heterocycles. The summed E-state index contributed by atoms with van der Waals surface area (Å²) < 4.78 is 7.49. The van der Waals surface area contributed by atoms with Gasteiger partial charge in [0.05, 0.1) is 23.2 Å². The molecule has 214 valence electrons. The number of rotatable bonds is 8. The number of phenolic OH excluding ortho intramolecular Hbond substituents is 1. The number of fused-ring (bicyclic) bond motifs is 1. The lowest BCUT2D eigenvalue weighted by Crippen LogP contribution is -2.21. The van der Waals surface area contributed by atoms with Crippen molar-refractivity contribution >= 4 is 35.9 Å². The van der Waals surface area contributed by atoms with Crippen LogP contribution < -0.4 is 10.1 Å². The number of aryl methyl sites for hydroxylation is 1. The molecule has 0 radical (unpaired) electrons. The van der Waals surface area contributed by atoms with Crippen molar-refractivity contribution in [2.45, 2.75) is 70.6 Å². The van der Waals surface area contributed by atoms with Crippen molar-refractivity contribution in [3.05, 3.63) is 52.3 Å². The smallest absolute Gasteiger partial charge is 0.290 e. The second kappa shape index (κ2) is 15.5. The highest BCUT2D eigenvalue weighted by Gasteiger charge is 2.30. The topological polar surface area (TPSA) is 134 Å². The van der Waals surface area contributed by atoms with Crippen molar-refractivity contribution in [1.29, 1.82) is 0 Å². The first-order chi connectivity index (χ1) is 18.7. The first kappa shape index (κ1) is 32.1. The van der Waals surface area contributed by atoms with Crippen LogP contribution in [0.25, 0.3) is 11.0 Å². The highest BCUT2D eigenvalue weighted by Crippen LogP contribution is 2.41. The fraction of sp³-hybridized carbons (Fsp3) is 0.483. The van der Waals surface area contributed by atoms with Crippen molar-refractivity contribution in [3.63, 3.8) is 0 Å². The zero-order chi connectivity index (χ0) is 29.1. The third-order valence-electron chi connectivity index (χ3n) is 7.31. The van der Waals surface area contributed by atoms with E-state index in [4.69, 9.17) is 36.0 Å². The Labute approximate surface area is 234 Å². The first-order valence-corrected chi connectivity index (χ1v) is 13.4. The first-order valence-electron chi connectivity index (χ1n) is 13.0. The van der Waals surface area contributed by atoms with Crippen LogP contribution in [0.5, 0.6) is 11.5 Å². The monoisotopic (exact) mass is 561 g/mol. The molecule has 2 aromatic carbocycles. The van der Waals surface area contributed by atoms with Crippen LogP contribution in [-0.4, -0.2) is 58.3 Å². The highest BCUT2D eigenvalue weighted by molar-refractivity contribution is 6.31. The number of aromatic hydroxyl groups is 1. The molecular formula is C29H40ClN3O6. The molecule has 39 heavy (non-hydrogen) atoms. The Balaban J connectivity index is 0.000000998. The number of phenols is 1. The van der Waals surface area contributed by atoms with Crippen LogP contribution in [0.15, 0.2) is 30.3 Å². The van der Waals surface area contributed by atoms with E-state index < -0.39 is 6.10 Å². The Morgan fingerprint density at radius 1 is 1.28 bits per heavy atom. The molecule has 1 aromatic heterocycles.